The van der Waals surface area contributed by atoms with Crippen molar-refractivity contribution in [1.82, 2.24) is 0 Å². The number of amides is 1. The lowest BCUT2D eigenvalue weighted by Crippen LogP contribution is -2.33. The molecule has 2 aliphatic heterocycles. The van der Waals surface area contributed by atoms with Crippen molar-refractivity contribution in [1.29, 1.82) is 0 Å². The summed E-state index contributed by atoms with van der Waals surface area (Å²) in [5.74, 6) is 0.963. The van der Waals surface area contributed by atoms with Crippen LogP contribution in [0.5, 0.6) is 0 Å². The van der Waals surface area contributed by atoms with Crippen LogP contribution in [0.4, 0.5) is 5.69 Å². The molecule has 0 radical (unpaired) electrons. The molecule has 6 heteroatoms. The standard InChI is InChI=1S/C16H21NO3S2/c18-16(11-21-14-8-10-22(19,20)12-14)17-9-4-3-6-13-5-1-2-7-15(13)17/h1-2,5,7,14H,3-4,6,8-12H2/t14-/m0/s1. The maximum atomic E-state index is 12.6. The lowest BCUT2D eigenvalue weighted by Gasteiger charge is -2.23. The topological polar surface area (TPSA) is 54.5 Å². The first-order valence-corrected chi connectivity index (χ1v) is 10.6. The Labute approximate surface area is 136 Å². The predicted molar refractivity (Wildman–Crippen MR) is 91.2 cm³/mol. The molecule has 1 aromatic rings. The van der Waals surface area contributed by atoms with Crippen LogP contribution in [0.1, 0.15) is 24.8 Å². The second-order valence-electron chi connectivity index (χ2n) is 5.97. The Morgan fingerprint density at radius 2 is 2.09 bits per heavy atom. The Kier molecular flexibility index (Phi) is 4.78. The Morgan fingerprint density at radius 1 is 1.27 bits per heavy atom. The molecule has 0 aliphatic carbocycles. The van der Waals surface area contributed by atoms with Gasteiger partial charge >= 0.3 is 0 Å². The van der Waals surface area contributed by atoms with Crippen molar-refractivity contribution in [3.8, 4) is 0 Å². The van der Waals surface area contributed by atoms with Crippen LogP contribution in [0.2, 0.25) is 0 Å². The molecule has 22 heavy (non-hydrogen) atoms. The minimum Gasteiger partial charge on any atom is -0.311 e. The van der Waals surface area contributed by atoms with Crippen LogP contribution in [-0.4, -0.2) is 43.4 Å². The molecule has 4 nitrogen and oxygen atoms in total. The van der Waals surface area contributed by atoms with Crippen molar-refractivity contribution in [2.45, 2.75) is 30.9 Å². The monoisotopic (exact) mass is 339 g/mol. The highest BCUT2D eigenvalue weighted by Gasteiger charge is 2.29. The molecule has 2 aliphatic rings. The Morgan fingerprint density at radius 3 is 2.86 bits per heavy atom. The summed E-state index contributed by atoms with van der Waals surface area (Å²) in [6.07, 6.45) is 3.82. The van der Waals surface area contributed by atoms with E-state index in [-0.39, 0.29) is 22.7 Å². The number of thioether (sulfide) groups is 1. The van der Waals surface area contributed by atoms with Gasteiger partial charge in [0.1, 0.15) is 0 Å². The highest BCUT2D eigenvalue weighted by Crippen LogP contribution is 2.28. The van der Waals surface area contributed by atoms with Crippen molar-refractivity contribution in [2.75, 3.05) is 28.7 Å². The number of rotatable bonds is 3. The minimum absolute atomic E-state index is 0.0798. The van der Waals surface area contributed by atoms with E-state index >= 15 is 0 Å². The number of hydrogen-bond donors (Lipinski definition) is 0. The molecule has 2 heterocycles. The fourth-order valence-corrected chi connectivity index (χ4v) is 6.63. The zero-order chi connectivity index (χ0) is 15.6. The molecule has 0 aromatic heterocycles. The molecule has 0 N–H and O–H groups in total. The highest BCUT2D eigenvalue weighted by atomic mass is 32.2. The molecule has 1 fully saturated rings. The van der Waals surface area contributed by atoms with Crippen LogP contribution >= 0.6 is 11.8 Å². The van der Waals surface area contributed by atoms with Gasteiger partial charge in [-0.05, 0) is 37.3 Å². The number of nitrogens with zero attached hydrogens (tertiary/aromatic N) is 1. The minimum atomic E-state index is -2.87. The summed E-state index contributed by atoms with van der Waals surface area (Å²) in [5, 5.41) is 0.0798. The van der Waals surface area contributed by atoms with Gasteiger partial charge in [-0.25, -0.2) is 8.42 Å². The summed E-state index contributed by atoms with van der Waals surface area (Å²) >= 11 is 1.50. The maximum absolute atomic E-state index is 12.6. The lowest BCUT2D eigenvalue weighted by atomic mass is 10.1. The largest absolute Gasteiger partial charge is 0.311 e. The van der Waals surface area contributed by atoms with Crippen LogP contribution in [0.3, 0.4) is 0 Å². The average Bonchev–Trinajstić information content (AvgIpc) is 2.72. The van der Waals surface area contributed by atoms with Gasteiger partial charge in [-0.15, -0.1) is 11.8 Å². The highest BCUT2D eigenvalue weighted by molar-refractivity contribution is 8.02. The van der Waals surface area contributed by atoms with Crippen LogP contribution in [0, 0.1) is 0 Å². The number of carbonyl (C=O) groups is 1. The van der Waals surface area contributed by atoms with E-state index in [9.17, 15) is 13.2 Å². The number of para-hydroxylation sites is 1. The van der Waals surface area contributed by atoms with E-state index in [0.717, 1.165) is 31.5 Å². The zero-order valence-corrected chi connectivity index (χ0v) is 14.2. The first kappa shape index (κ1) is 15.9. The second kappa shape index (κ2) is 6.62. The zero-order valence-electron chi connectivity index (χ0n) is 12.5. The summed E-state index contributed by atoms with van der Waals surface area (Å²) in [6, 6.07) is 8.10. The van der Waals surface area contributed by atoms with Crippen molar-refractivity contribution in [3.63, 3.8) is 0 Å². The van der Waals surface area contributed by atoms with Crippen LogP contribution in [0.15, 0.2) is 24.3 Å². The maximum Gasteiger partial charge on any atom is 0.236 e. The van der Waals surface area contributed by atoms with Crippen molar-refractivity contribution in [2.24, 2.45) is 0 Å². The van der Waals surface area contributed by atoms with Crippen LogP contribution in [-0.2, 0) is 21.1 Å². The van der Waals surface area contributed by atoms with Gasteiger partial charge in [0.15, 0.2) is 9.84 Å². The molecule has 0 unspecified atom stereocenters. The van der Waals surface area contributed by atoms with E-state index in [2.05, 4.69) is 6.07 Å². The number of hydrogen-bond acceptors (Lipinski definition) is 4. The summed E-state index contributed by atoms with van der Waals surface area (Å²) in [4.78, 5) is 14.5. The Hall–Kier alpha value is -1.01. The number of anilines is 1. The molecular formula is C16H21NO3S2. The molecule has 1 aromatic carbocycles. The van der Waals surface area contributed by atoms with Gasteiger partial charge < -0.3 is 4.90 Å². The third kappa shape index (κ3) is 3.66. The molecule has 120 valence electrons. The first-order valence-electron chi connectivity index (χ1n) is 7.75. The number of fused-ring (bicyclic) bond motifs is 1. The fourth-order valence-electron chi connectivity index (χ4n) is 3.11. The summed E-state index contributed by atoms with van der Waals surface area (Å²) in [7, 11) is -2.87. The third-order valence-corrected chi connectivity index (χ3v) is 7.56. The molecule has 0 saturated carbocycles. The van der Waals surface area contributed by atoms with E-state index in [0.29, 0.717) is 12.2 Å². The quantitative estimate of drug-likeness (QED) is 0.848. The summed E-state index contributed by atoms with van der Waals surface area (Å²) in [6.45, 7) is 0.763. The van der Waals surface area contributed by atoms with Gasteiger partial charge in [0, 0.05) is 17.5 Å². The molecule has 0 spiro atoms. The number of aryl methyl sites for hydroxylation is 1. The van der Waals surface area contributed by atoms with Gasteiger partial charge in [0.05, 0.1) is 17.3 Å². The van der Waals surface area contributed by atoms with Gasteiger partial charge in [0.2, 0.25) is 5.91 Å². The van der Waals surface area contributed by atoms with Crippen LogP contribution in [0.25, 0.3) is 0 Å². The number of carbonyl (C=O) groups excluding carboxylic acids is 1. The van der Waals surface area contributed by atoms with E-state index in [4.69, 9.17) is 0 Å². The van der Waals surface area contributed by atoms with Gasteiger partial charge in [-0.3, -0.25) is 4.79 Å². The molecule has 3 rings (SSSR count). The lowest BCUT2D eigenvalue weighted by molar-refractivity contribution is -0.116. The molecule has 1 amide bonds. The second-order valence-corrected chi connectivity index (χ2v) is 9.48. The third-order valence-electron chi connectivity index (χ3n) is 4.29. The first-order chi connectivity index (χ1) is 10.6. The van der Waals surface area contributed by atoms with Crippen molar-refractivity contribution in [3.05, 3.63) is 29.8 Å². The van der Waals surface area contributed by atoms with Gasteiger partial charge in [0.25, 0.3) is 0 Å². The summed E-state index contributed by atoms with van der Waals surface area (Å²) < 4.78 is 23.0. The molecule has 1 saturated heterocycles. The number of sulfone groups is 1. The fraction of sp³-hybridized carbons (Fsp3) is 0.562. The van der Waals surface area contributed by atoms with E-state index < -0.39 is 9.84 Å². The normalized spacial score (nSPS) is 23.8. The van der Waals surface area contributed by atoms with E-state index in [1.54, 1.807) is 0 Å². The van der Waals surface area contributed by atoms with E-state index in [1.807, 2.05) is 23.1 Å². The van der Waals surface area contributed by atoms with E-state index in [1.165, 1.54) is 17.3 Å². The predicted octanol–water partition coefficient (Wildman–Crippen LogP) is 2.28. The molecule has 1 atom stereocenters. The number of benzene rings is 1. The summed E-state index contributed by atoms with van der Waals surface area (Å²) in [5.41, 5.74) is 2.27. The SMILES string of the molecule is O=C(CS[C@H]1CCS(=O)(=O)C1)N1CCCCc2ccccc21. The Bertz CT molecular complexity index is 657. The smallest absolute Gasteiger partial charge is 0.236 e. The Balaban J connectivity index is 1.65. The van der Waals surface area contributed by atoms with Crippen LogP contribution < -0.4 is 4.90 Å². The average molecular weight is 339 g/mol. The molecule has 0 bridgehead atoms. The van der Waals surface area contributed by atoms with Gasteiger partial charge in [-0.2, -0.15) is 0 Å². The van der Waals surface area contributed by atoms with Crippen molar-refractivity contribution < 1.29 is 13.2 Å². The molecular weight excluding hydrogens is 318 g/mol. The van der Waals surface area contributed by atoms with Gasteiger partial charge in [-0.1, -0.05) is 18.2 Å². The van der Waals surface area contributed by atoms with Crippen molar-refractivity contribution >= 4 is 33.2 Å².